The van der Waals surface area contributed by atoms with Crippen molar-refractivity contribution >= 4 is 5.91 Å². The highest BCUT2D eigenvalue weighted by molar-refractivity contribution is 5.73. The van der Waals surface area contributed by atoms with E-state index in [1.165, 1.54) is 12.8 Å². The summed E-state index contributed by atoms with van der Waals surface area (Å²) in [5.74, 6) is 0.221. The van der Waals surface area contributed by atoms with Crippen LogP contribution in [0.3, 0.4) is 0 Å². The lowest BCUT2D eigenvalue weighted by Gasteiger charge is -2.23. The van der Waals surface area contributed by atoms with E-state index in [1.54, 1.807) is 6.92 Å². The Morgan fingerprint density at radius 1 is 1.00 bits per heavy atom. The Kier molecular flexibility index (Phi) is 21.8. The van der Waals surface area contributed by atoms with Crippen molar-refractivity contribution in [2.75, 3.05) is 32.8 Å². The number of amides is 1. The van der Waals surface area contributed by atoms with Gasteiger partial charge in [-0.1, -0.05) is 47.5 Å². The molecule has 4 heteroatoms. The van der Waals surface area contributed by atoms with Crippen molar-refractivity contribution in [2.45, 2.75) is 92.5 Å². The Labute approximate surface area is 151 Å². The second kappa shape index (κ2) is 20.4. The van der Waals surface area contributed by atoms with Crippen LogP contribution >= 0.6 is 0 Å². The lowest BCUT2D eigenvalue weighted by Crippen LogP contribution is -2.35. The van der Waals surface area contributed by atoms with E-state index in [0.717, 1.165) is 65.0 Å². The number of ether oxygens (including phenoxy) is 1. The molecule has 0 spiro atoms. The Morgan fingerprint density at radius 3 is 2.12 bits per heavy atom. The Balaban J connectivity index is 0. The zero-order valence-electron chi connectivity index (χ0n) is 17.3. The minimum atomic E-state index is 0.221. The van der Waals surface area contributed by atoms with Gasteiger partial charge in [-0.15, -0.1) is 0 Å². The maximum absolute atomic E-state index is 11.5. The van der Waals surface area contributed by atoms with Crippen molar-refractivity contribution in [2.24, 2.45) is 0 Å². The van der Waals surface area contributed by atoms with Gasteiger partial charge < -0.3 is 15.0 Å². The van der Waals surface area contributed by atoms with Crippen molar-refractivity contribution in [3.8, 4) is 0 Å². The summed E-state index contributed by atoms with van der Waals surface area (Å²) < 4.78 is 5.35. The zero-order chi connectivity index (χ0) is 18.6. The first kappa shape index (κ1) is 25.6. The minimum absolute atomic E-state index is 0.221. The molecule has 0 aliphatic carbocycles. The third-order valence-electron chi connectivity index (χ3n) is 3.99. The smallest absolute Gasteiger partial charge is 0.219 e. The second-order valence-electron chi connectivity index (χ2n) is 5.76. The molecule has 1 fully saturated rings. The van der Waals surface area contributed by atoms with Crippen LogP contribution in [0.4, 0.5) is 0 Å². The van der Waals surface area contributed by atoms with Crippen LogP contribution in [0.2, 0.25) is 0 Å². The number of carbonyl (C=O) groups is 1. The van der Waals surface area contributed by atoms with Gasteiger partial charge in [-0.25, -0.2) is 0 Å². The molecule has 0 saturated carbocycles. The molecule has 0 atom stereocenters. The molecule has 1 aliphatic rings. The summed E-state index contributed by atoms with van der Waals surface area (Å²) in [6, 6.07) is 0.655. The maximum atomic E-state index is 11.5. The molecule has 0 aromatic carbocycles. The van der Waals surface area contributed by atoms with E-state index in [1.807, 2.05) is 32.6 Å². The van der Waals surface area contributed by atoms with E-state index in [0.29, 0.717) is 6.04 Å². The van der Waals surface area contributed by atoms with Crippen LogP contribution < -0.4 is 5.32 Å². The highest BCUT2D eigenvalue weighted by atomic mass is 16.5. The first-order valence-electron chi connectivity index (χ1n) is 10.3. The Hall–Kier alpha value is -0.610. The van der Waals surface area contributed by atoms with Crippen molar-refractivity contribution in [1.82, 2.24) is 10.2 Å². The molecular formula is C20H44N2O2. The van der Waals surface area contributed by atoms with Crippen LogP contribution in [0.1, 0.15) is 86.5 Å². The summed E-state index contributed by atoms with van der Waals surface area (Å²) in [4.78, 5) is 13.5. The zero-order valence-corrected chi connectivity index (χ0v) is 17.3. The van der Waals surface area contributed by atoms with Gasteiger partial charge in [-0.3, -0.25) is 4.79 Å². The fourth-order valence-electron chi connectivity index (χ4n) is 2.59. The first-order chi connectivity index (χ1) is 11.7. The largest absolute Gasteiger partial charge is 0.381 e. The van der Waals surface area contributed by atoms with Gasteiger partial charge >= 0.3 is 0 Å². The average Bonchev–Trinajstić information content (AvgIpc) is 2.64. The normalized spacial score (nSPS) is 14.1. The predicted octanol–water partition coefficient (Wildman–Crippen LogP) is 4.63. The number of nitrogens with zero attached hydrogens (tertiary/aromatic N) is 1. The number of unbranched alkanes of at least 4 members (excludes halogenated alkanes) is 3. The predicted molar refractivity (Wildman–Crippen MR) is 106 cm³/mol. The van der Waals surface area contributed by atoms with Crippen molar-refractivity contribution in [1.29, 1.82) is 0 Å². The number of nitrogens with one attached hydrogen (secondary N) is 1. The van der Waals surface area contributed by atoms with Crippen LogP contribution in [0, 0.1) is 0 Å². The van der Waals surface area contributed by atoms with Crippen LogP contribution in [0.25, 0.3) is 0 Å². The van der Waals surface area contributed by atoms with Gasteiger partial charge in [0.15, 0.2) is 0 Å². The first-order valence-corrected chi connectivity index (χ1v) is 10.3. The number of rotatable bonds is 10. The summed E-state index contributed by atoms with van der Waals surface area (Å²) in [6.07, 6.45) is 8.09. The van der Waals surface area contributed by atoms with Gasteiger partial charge in [0.1, 0.15) is 0 Å². The van der Waals surface area contributed by atoms with Gasteiger partial charge in [-0.05, 0) is 38.6 Å². The van der Waals surface area contributed by atoms with Gasteiger partial charge in [0, 0.05) is 39.3 Å². The lowest BCUT2D eigenvalue weighted by molar-refractivity contribution is -0.129. The monoisotopic (exact) mass is 344 g/mol. The van der Waals surface area contributed by atoms with E-state index in [2.05, 4.69) is 12.2 Å². The van der Waals surface area contributed by atoms with E-state index in [9.17, 15) is 4.79 Å². The standard InChI is InChI=1S/C16H32N2O2.2C2H6/c1-3-4-11-18(15(2)19)12-7-5-6-10-17-16-8-13-20-14-9-16;2*1-2/h16-17H,3-14H2,1-2H3;2*1-2H3. The van der Waals surface area contributed by atoms with E-state index >= 15 is 0 Å². The maximum Gasteiger partial charge on any atom is 0.219 e. The fourth-order valence-corrected chi connectivity index (χ4v) is 2.59. The van der Waals surface area contributed by atoms with Crippen molar-refractivity contribution in [3.05, 3.63) is 0 Å². The number of carbonyl (C=O) groups excluding carboxylic acids is 1. The molecule has 146 valence electrons. The third kappa shape index (κ3) is 14.9. The molecule has 24 heavy (non-hydrogen) atoms. The van der Waals surface area contributed by atoms with Crippen molar-refractivity contribution in [3.63, 3.8) is 0 Å². The molecule has 1 rings (SSSR count). The van der Waals surface area contributed by atoms with Crippen LogP contribution in [-0.2, 0) is 9.53 Å². The molecule has 1 amide bonds. The summed E-state index contributed by atoms with van der Waals surface area (Å²) in [5, 5.41) is 3.61. The molecule has 1 N–H and O–H groups in total. The Bertz CT molecular complexity index is 254. The third-order valence-corrected chi connectivity index (χ3v) is 3.99. The van der Waals surface area contributed by atoms with Crippen LogP contribution in [0.5, 0.6) is 0 Å². The SMILES string of the molecule is CC.CC.CCCCN(CCCCCNC1CCOCC1)C(C)=O. The minimum Gasteiger partial charge on any atom is -0.381 e. The van der Waals surface area contributed by atoms with Crippen LogP contribution in [0.15, 0.2) is 0 Å². The summed E-state index contributed by atoms with van der Waals surface area (Å²) in [5.41, 5.74) is 0. The molecule has 0 bridgehead atoms. The lowest BCUT2D eigenvalue weighted by atomic mass is 10.1. The van der Waals surface area contributed by atoms with Gasteiger partial charge in [0.2, 0.25) is 5.91 Å². The molecule has 1 aliphatic heterocycles. The molecule has 0 aromatic rings. The van der Waals surface area contributed by atoms with Gasteiger partial charge in [0.05, 0.1) is 0 Å². The molecular weight excluding hydrogens is 300 g/mol. The molecule has 0 unspecified atom stereocenters. The number of hydrogen-bond acceptors (Lipinski definition) is 3. The van der Waals surface area contributed by atoms with Crippen LogP contribution in [-0.4, -0.2) is 49.7 Å². The highest BCUT2D eigenvalue weighted by Gasteiger charge is 2.12. The molecule has 0 aromatic heterocycles. The summed E-state index contributed by atoms with van der Waals surface area (Å²) in [6.45, 7) is 16.6. The van der Waals surface area contributed by atoms with E-state index < -0.39 is 0 Å². The Morgan fingerprint density at radius 2 is 1.58 bits per heavy atom. The van der Waals surface area contributed by atoms with Gasteiger partial charge in [0.25, 0.3) is 0 Å². The molecule has 1 heterocycles. The number of hydrogen-bond donors (Lipinski definition) is 1. The van der Waals surface area contributed by atoms with Crippen molar-refractivity contribution < 1.29 is 9.53 Å². The topological polar surface area (TPSA) is 41.6 Å². The summed E-state index contributed by atoms with van der Waals surface area (Å²) in [7, 11) is 0. The summed E-state index contributed by atoms with van der Waals surface area (Å²) >= 11 is 0. The van der Waals surface area contributed by atoms with E-state index in [-0.39, 0.29) is 5.91 Å². The van der Waals surface area contributed by atoms with Gasteiger partial charge in [-0.2, -0.15) is 0 Å². The average molecular weight is 345 g/mol. The van der Waals surface area contributed by atoms with E-state index in [4.69, 9.17) is 4.74 Å². The highest BCUT2D eigenvalue weighted by Crippen LogP contribution is 2.07. The fraction of sp³-hybridized carbons (Fsp3) is 0.950. The molecule has 4 nitrogen and oxygen atoms in total. The quantitative estimate of drug-likeness (QED) is 0.588. The molecule has 1 saturated heterocycles. The molecule has 0 radical (unpaired) electrons. The second-order valence-corrected chi connectivity index (χ2v) is 5.76.